The van der Waals surface area contributed by atoms with Crippen LogP contribution >= 0.6 is 0 Å². The number of benzene rings is 1. The number of para-hydroxylation sites is 1. The quantitative estimate of drug-likeness (QED) is 0.728. The number of hydrogen-bond acceptors (Lipinski definition) is 3. The first-order valence-electron chi connectivity index (χ1n) is 6.24. The lowest BCUT2D eigenvalue weighted by Crippen LogP contribution is -2.36. The number of aldehydes is 1. The van der Waals surface area contributed by atoms with E-state index in [-0.39, 0.29) is 5.92 Å². The summed E-state index contributed by atoms with van der Waals surface area (Å²) in [7, 11) is 0. The molecule has 0 unspecified atom stereocenters. The van der Waals surface area contributed by atoms with Gasteiger partial charge in [0.05, 0.1) is 0 Å². The minimum Gasteiger partial charge on any atom is -0.492 e. The van der Waals surface area contributed by atoms with Crippen LogP contribution < -0.4 is 4.74 Å². The molecule has 0 atom stereocenters. The molecule has 1 aromatic rings. The molecule has 0 saturated carbocycles. The largest absolute Gasteiger partial charge is 0.492 e. The predicted octanol–water partition coefficient (Wildman–Crippen LogP) is 1.98. The molecule has 0 radical (unpaired) electrons. The van der Waals surface area contributed by atoms with Gasteiger partial charge in [-0.15, -0.1) is 0 Å². The van der Waals surface area contributed by atoms with Gasteiger partial charge in [0.1, 0.15) is 18.6 Å². The summed E-state index contributed by atoms with van der Waals surface area (Å²) >= 11 is 0. The maximum absolute atomic E-state index is 10.6. The van der Waals surface area contributed by atoms with Gasteiger partial charge in [-0.1, -0.05) is 18.2 Å². The topological polar surface area (TPSA) is 29.5 Å². The fourth-order valence-electron chi connectivity index (χ4n) is 2.12. The minimum absolute atomic E-state index is 0.279. The third-order valence-corrected chi connectivity index (χ3v) is 3.24. The molecule has 1 saturated heterocycles. The Labute approximate surface area is 102 Å². The van der Waals surface area contributed by atoms with Crippen molar-refractivity contribution in [3.63, 3.8) is 0 Å². The fourth-order valence-corrected chi connectivity index (χ4v) is 2.12. The second kappa shape index (κ2) is 6.40. The van der Waals surface area contributed by atoms with Crippen molar-refractivity contribution in [2.75, 3.05) is 26.2 Å². The molecule has 17 heavy (non-hydrogen) atoms. The van der Waals surface area contributed by atoms with Crippen LogP contribution in [0.25, 0.3) is 0 Å². The van der Waals surface area contributed by atoms with E-state index >= 15 is 0 Å². The molecule has 1 aliphatic rings. The van der Waals surface area contributed by atoms with Crippen molar-refractivity contribution in [1.29, 1.82) is 0 Å². The van der Waals surface area contributed by atoms with E-state index in [0.717, 1.165) is 51.1 Å². The van der Waals surface area contributed by atoms with Crippen LogP contribution in [0.3, 0.4) is 0 Å². The number of carbonyl (C=O) groups excluding carboxylic acids is 1. The van der Waals surface area contributed by atoms with Gasteiger partial charge in [0.25, 0.3) is 0 Å². The number of hydrogen-bond donors (Lipinski definition) is 0. The number of rotatable bonds is 5. The molecule has 0 bridgehead atoms. The van der Waals surface area contributed by atoms with Gasteiger partial charge < -0.3 is 9.53 Å². The zero-order valence-corrected chi connectivity index (χ0v) is 10.0. The Bertz CT molecular complexity index is 331. The van der Waals surface area contributed by atoms with Crippen LogP contribution in [-0.2, 0) is 4.79 Å². The van der Waals surface area contributed by atoms with Crippen molar-refractivity contribution in [3.8, 4) is 5.75 Å². The van der Waals surface area contributed by atoms with E-state index in [4.69, 9.17) is 4.74 Å². The standard InChI is InChI=1S/C14H19NO2/c16-12-13-6-8-15(9-7-13)10-11-17-14-4-2-1-3-5-14/h1-5,12-13H,6-11H2. The average molecular weight is 233 g/mol. The molecule has 1 aromatic carbocycles. The van der Waals surface area contributed by atoms with Crippen molar-refractivity contribution in [1.82, 2.24) is 4.90 Å². The Morgan fingerprint density at radius 2 is 1.94 bits per heavy atom. The molecule has 0 aromatic heterocycles. The van der Waals surface area contributed by atoms with Gasteiger partial charge in [-0.25, -0.2) is 0 Å². The molecule has 0 N–H and O–H groups in total. The molecule has 0 spiro atoms. The van der Waals surface area contributed by atoms with Crippen LogP contribution in [0.15, 0.2) is 30.3 Å². The van der Waals surface area contributed by atoms with Crippen molar-refractivity contribution in [2.45, 2.75) is 12.8 Å². The summed E-state index contributed by atoms with van der Waals surface area (Å²) in [5.74, 6) is 1.21. The van der Waals surface area contributed by atoms with Crippen LogP contribution in [0.1, 0.15) is 12.8 Å². The molecular formula is C14H19NO2. The normalized spacial score (nSPS) is 17.9. The molecule has 1 fully saturated rings. The fraction of sp³-hybridized carbons (Fsp3) is 0.500. The molecule has 3 heteroatoms. The third-order valence-electron chi connectivity index (χ3n) is 3.24. The number of ether oxygens (including phenoxy) is 1. The predicted molar refractivity (Wildman–Crippen MR) is 67.2 cm³/mol. The zero-order valence-electron chi connectivity index (χ0n) is 10.0. The summed E-state index contributed by atoms with van der Waals surface area (Å²) in [5, 5.41) is 0. The van der Waals surface area contributed by atoms with E-state index in [2.05, 4.69) is 4.90 Å². The highest BCUT2D eigenvalue weighted by atomic mass is 16.5. The summed E-state index contributed by atoms with van der Waals surface area (Å²) in [6.45, 7) is 3.69. The zero-order chi connectivity index (χ0) is 11.9. The molecule has 1 heterocycles. The van der Waals surface area contributed by atoms with Crippen LogP contribution in [0.2, 0.25) is 0 Å². The molecule has 1 aliphatic heterocycles. The summed E-state index contributed by atoms with van der Waals surface area (Å²) < 4.78 is 5.65. The van der Waals surface area contributed by atoms with E-state index in [0.29, 0.717) is 0 Å². The smallest absolute Gasteiger partial charge is 0.123 e. The number of nitrogens with zero attached hydrogens (tertiary/aromatic N) is 1. The summed E-state index contributed by atoms with van der Waals surface area (Å²) in [6, 6.07) is 9.88. The summed E-state index contributed by atoms with van der Waals surface area (Å²) in [6.07, 6.45) is 3.08. The van der Waals surface area contributed by atoms with Crippen molar-refractivity contribution < 1.29 is 9.53 Å². The Morgan fingerprint density at radius 1 is 1.24 bits per heavy atom. The van der Waals surface area contributed by atoms with Gasteiger partial charge in [-0.2, -0.15) is 0 Å². The molecule has 0 amide bonds. The highest BCUT2D eigenvalue weighted by Gasteiger charge is 2.17. The molecule has 0 aliphatic carbocycles. The van der Waals surface area contributed by atoms with Gasteiger partial charge in [0, 0.05) is 12.5 Å². The Kier molecular flexibility index (Phi) is 4.56. The van der Waals surface area contributed by atoms with E-state index in [1.165, 1.54) is 0 Å². The first-order valence-corrected chi connectivity index (χ1v) is 6.24. The molecule has 3 nitrogen and oxygen atoms in total. The van der Waals surface area contributed by atoms with Crippen molar-refractivity contribution in [2.24, 2.45) is 5.92 Å². The van der Waals surface area contributed by atoms with E-state index in [9.17, 15) is 4.79 Å². The monoisotopic (exact) mass is 233 g/mol. The lowest BCUT2D eigenvalue weighted by molar-refractivity contribution is -0.112. The van der Waals surface area contributed by atoms with E-state index < -0.39 is 0 Å². The van der Waals surface area contributed by atoms with Gasteiger partial charge in [0.2, 0.25) is 0 Å². The number of likely N-dealkylation sites (tertiary alicyclic amines) is 1. The van der Waals surface area contributed by atoms with Crippen molar-refractivity contribution >= 4 is 6.29 Å². The Balaban J connectivity index is 1.65. The first-order chi connectivity index (χ1) is 8.38. The van der Waals surface area contributed by atoms with Crippen LogP contribution in [0.4, 0.5) is 0 Å². The maximum atomic E-state index is 10.6. The second-order valence-electron chi connectivity index (χ2n) is 4.48. The van der Waals surface area contributed by atoms with Crippen molar-refractivity contribution in [3.05, 3.63) is 30.3 Å². The minimum atomic E-state index is 0.279. The van der Waals surface area contributed by atoms with Gasteiger partial charge in [-0.3, -0.25) is 4.90 Å². The highest BCUT2D eigenvalue weighted by Crippen LogP contribution is 2.14. The summed E-state index contributed by atoms with van der Waals surface area (Å²) in [4.78, 5) is 13.0. The maximum Gasteiger partial charge on any atom is 0.123 e. The molecular weight excluding hydrogens is 214 g/mol. The lowest BCUT2D eigenvalue weighted by Gasteiger charge is -2.29. The van der Waals surface area contributed by atoms with Crippen LogP contribution in [0.5, 0.6) is 5.75 Å². The van der Waals surface area contributed by atoms with Crippen LogP contribution in [0, 0.1) is 5.92 Å². The Hall–Kier alpha value is -1.35. The number of carbonyl (C=O) groups is 1. The van der Waals surface area contributed by atoms with Crippen LogP contribution in [-0.4, -0.2) is 37.4 Å². The first kappa shape index (κ1) is 12.1. The second-order valence-corrected chi connectivity index (χ2v) is 4.48. The molecule has 2 rings (SSSR count). The average Bonchev–Trinajstić information content (AvgIpc) is 2.41. The third kappa shape index (κ3) is 3.86. The SMILES string of the molecule is O=CC1CCN(CCOc2ccccc2)CC1. The molecule has 92 valence electrons. The van der Waals surface area contributed by atoms with E-state index in [1.807, 2.05) is 30.3 Å². The van der Waals surface area contributed by atoms with E-state index in [1.54, 1.807) is 0 Å². The van der Waals surface area contributed by atoms with Gasteiger partial charge in [-0.05, 0) is 38.1 Å². The lowest BCUT2D eigenvalue weighted by atomic mass is 9.99. The van der Waals surface area contributed by atoms with Gasteiger partial charge in [0.15, 0.2) is 0 Å². The summed E-state index contributed by atoms with van der Waals surface area (Å²) in [5.41, 5.74) is 0. The Morgan fingerprint density at radius 3 is 2.59 bits per heavy atom. The highest BCUT2D eigenvalue weighted by molar-refractivity contribution is 5.53. The van der Waals surface area contributed by atoms with Gasteiger partial charge >= 0.3 is 0 Å². The number of piperidine rings is 1.